The standard InChI is InChI=1S/C22H16F2N2O4/c1-12(16-7-5-14(23)10-19(16)24)25-20(27)13-4-6-17-18(9-13)22(29)26(21(17)28)11-15-3-2-8-30-15/h2-10,12H,11H2,1H3,(H,25,27). The van der Waals surface area contributed by atoms with Gasteiger partial charge in [0, 0.05) is 17.2 Å². The molecule has 1 aromatic heterocycles. The summed E-state index contributed by atoms with van der Waals surface area (Å²) in [7, 11) is 0. The topological polar surface area (TPSA) is 79.6 Å². The van der Waals surface area contributed by atoms with E-state index < -0.39 is 35.4 Å². The van der Waals surface area contributed by atoms with E-state index in [4.69, 9.17) is 4.42 Å². The number of nitrogens with one attached hydrogen (secondary N) is 1. The minimum atomic E-state index is -0.772. The molecule has 1 unspecified atom stereocenters. The van der Waals surface area contributed by atoms with Crippen LogP contribution >= 0.6 is 0 Å². The van der Waals surface area contributed by atoms with Crippen LogP contribution in [-0.4, -0.2) is 22.6 Å². The van der Waals surface area contributed by atoms with Crippen molar-refractivity contribution in [2.24, 2.45) is 0 Å². The van der Waals surface area contributed by atoms with E-state index in [9.17, 15) is 23.2 Å². The summed E-state index contributed by atoms with van der Waals surface area (Å²) in [6.45, 7) is 1.54. The van der Waals surface area contributed by atoms with E-state index >= 15 is 0 Å². The summed E-state index contributed by atoms with van der Waals surface area (Å²) in [6, 6.07) is 9.84. The lowest BCUT2D eigenvalue weighted by atomic mass is 10.0. The maximum atomic E-state index is 13.9. The number of halogens is 2. The quantitative estimate of drug-likeness (QED) is 0.648. The molecule has 30 heavy (non-hydrogen) atoms. The van der Waals surface area contributed by atoms with Crippen molar-refractivity contribution in [2.45, 2.75) is 19.5 Å². The van der Waals surface area contributed by atoms with E-state index in [1.54, 1.807) is 19.1 Å². The van der Waals surface area contributed by atoms with Crippen molar-refractivity contribution in [3.05, 3.63) is 94.4 Å². The van der Waals surface area contributed by atoms with Gasteiger partial charge in [-0.3, -0.25) is 19.3 Å². The van der Waals surface area contributed by atoms with Gasteiger partial charge in [0.25, 0.3) is 17.7 Å². The predicted octanol–water partition coefficient (Wildman–Crippen LogP) is 3.85. The van der Waals surface area contributed by atoms with Crippen LogP contribution in [0.5, 0.6) is 0 Å². The molecule has 1 N–H and O–H groups in total. The fourth-order valence-corrected chi connectivity index (χ4v) is 3.34. The van der Waals surface area contributed by atoms with E-state index in [-0.39, 0.29) is 28.8 Å². The number of carbonyl (C=O) groups is 3. The Hall–Kier alpha value is -3.81. The number of fused-ring (bicyclic) bond motifs is 1. The number of nitrogens with zero attached hydrogens (tertiary/aromatic N) is 1. The average molecular weight is 410 g/mol. The second-order valence-electron chi connectivity index (χ2n) is 6.90. The molecule has 0 saturated carbocycles. The van der Waals surface area contributed by atoms with Gasteiger partial charge in [-0.25, -0.2) is 8.78 Å². The summed E-state index contributed by atoms with van der Waals surface area (Å²) in [4.78, 5) is 38.9. The number of amides is 3. The molecule has 3 aromatic rings. The van der Waals surface area contributed by atoms with Gasteiger partial charge in [0.1, 0.15) is 17.4 Å². The van der Waals surface area contributed by atoms with Crippen molar-refractivity contribution >= 4 is 17.7 Å². The number of carbonyl (C=O) groups excluding carboxylic acids is 3. The Morgan fingerprint density at radius 3 is 2.53 bits per heavy atom. The third-order valence-corrected chi connectivity index (χ3v) is 4.90. The molecule has 6 nitrogen and oxygen atoms in total. The molecule has 2 heterocycles. The summed E-state index contributed by atoms with van der Waals surface area (Å²) < 4.78 is 32.2. The minimum Gasteiger partial charge on any atom is -0.467 e. The molecule has 1 aliphatic heterocycles. The second kappa shape index (κ2) is 7.55. The number of hydrogen-bond donors (Lipinski definition) is 1. The summed E-state index contributed by atoms with van der Waals surface area (Å²) in [5.74, 6) is -2.59. The smallest absolute Gasteiger partial charge is 0.261 e. The number of imide groups is 1. The van der Waals surface area contributed by atoms with Crippen LogP contribution in [0, 0.1) is 11.6 Å². The Morgan fingerprint density at radius 1 is 1.07 bits per heavy atom. The Kier molecular flexibility index (Phi) is 4.91. The molecule has 4 rings (SSSR count). The third kappa shape index (κ3) is 3.47. The van der Waals surface area contributed by atoms with Gasteiger partial charge in [0.15, 0.2) is 0 Å². The first-order chi connectivity index (χ1) is 14.3. The van der Waals surface area contributed by atoms with Crippen LogP contribution < -0.4 is 5.32 Å². The first-order valence-electron chi connectivity index (χ1n) is 9.13. The van der Waals surface area contributed by atoms with E-state index in [1.165, 1.54) is 30.5 Å². The van der Waals surface area contributed by atoms with E-state index in [0.29, 0.717) is 5.76 Å². The molecule has 0 fully saturated rings. The van der Waals surface area contributed by atoms with Gasteiger partial charge < -0.3 is 9.73 Å². The van der Waals surface area contributed by atoms with Crippen LogP contribution in [-0.2, 0) is 6.54 Å². The monoisotopic (exact) mass is 410 g/mol. The maximum Gasteiger partial charge on any atom is 0.261 e. The molecule has 0 aliphatic carbocycles. The Balaban J connectivity index is 1.53. The van der Waals surface area contributed by atoms with Gasteiger partial charge in [0.05, 0.1) is 30.0 Å². The highest BCUT2D eigenvalue weighted by Crippen LogP contribution is 2.26. The third-order valence-electron chi connectivity index (χ3n) is 4.90. The van der Waals surface area contributed by atoms with Crippen molar-refractivity contribution in [1.29, 1.82) is 0 Å². The molecule has 1 atom stereocenters. The highest BCUT2D eigenvalue weighted by molar-refractivity contribution is 6.22. The molecule has 2 aromatic carbocycles. The maximum absolute atomic E-state index is 13.9. The van der Waals surface area contributed by atoms with E-state index in [0.717, 1.165) is 17.0 Å². The lowest BCUT2D eigenvalue weighted by Gasteiger charge is -2.15. The minimum absolute atomic E-state index is 0.0121. The van der Waals surface area contributed by atoms with Gasteiger partial charge in [-0.05, 0) is 43.3 Å². The van der Waals surface area contributed by atoms with Gasteiger partial charge >= 0.3 is 0 Å². The first-order valence-corrected chi connectivity index (χ1v) is 9.13. The van der Waals surface area contributed by atoms with E-state index in [1.807, 2.05) is 0 Å². The van der Waals surface area contributed by atoms with Crippen LogP contribution in [0.3, 0.4) is 0 Å². The van der Waals surface area contributed by atoms with Gasteiger partial charge in [-0.2, -0.15) is 0 Å². The number of rotatable bonds is 5. The summed E-state index contributed by atoms with van der Waals surface area (Å²) >= 11 is 0. The largest absolute Gasteiger partial charge is 0.467 e. The molecular weight excluding hydrogens is 394 g/mol. The molecule has 0 spiro atoms. The van der Waals surface area contributed by atoms with Crippen molar-refractivity contribution in [3.63, 3.8) is 0 Å². The second-order valence-corrected chi connectivity index (χ2v) is 6.90. The van der Waals surface area contributed by atoms with Gasteiger partial charge in [-0.15, -0.1) is 0 Å². The Bertz CT molecular complexity index is 1160. The van der Waals surface area contributed by atoms with Gasteiger partial charge in [0.2, 0.25) is 0 Å². The zero-order chi connectivity index (χ0) is 21.4. The summed E-state index contributed by atoms with van der Waals surface area (Å²) in [5, 5.41) is 2.61. The molecule has 1 aliphatic rings. The summed E-state index contributed by atoms with van der Waals surface area (Å²) in [6.07, 6.45) is 1.45. The predicted molar refractivity (Wildman–Crippen MR) is 102 cm³/mol. The SMILES string of the molecule is CC(NC(=O)c1ccc2c(c1)C(=O)N(Cc1ccco1)C2=O)c1ccc(F)cc1F. The Labute approximate surface area is 170 Å². The normalized spacial score (nSPS) is 14.0. The van der Waals surface area contributed by atoms with Crippen LogP contribution in [0.2, 0.25) is 0 Å². The number of furan rings is 1. The fourth-order valence-electron chi connectivity index (χ4n) is 3.34. The zero-order valence-electron chi connectivity index (χ0n) is 15.8. The molecule has 152 valence electrons. The molecule has 0 bridgehead atoms. The highest BCUT2D eigenvalue weighted by atomic mass is 19.1. The van der Waals surface area contributed by atoms with Crippen molar-refractivity contribution in [1.82, 2.24) is 10.2 Å². The highest BCUT2D eigenvalue weighted by Gasteiger charge is 2.36. The molecule has 3 amide bonds. The molecule has 8 heteroatoms. The lowest BCUT2D eigenvalue weighted by molar-refractivity contribution is 0.0631. The fraction of sp³-hybridized carbons (Fsp3) is 0.136. The van der Waals surface area contributed by atoms with Gasteiger partial charge in [-0.1, -0.05) is 6.07 Å². The van der Waals surface area contributed by atoms with Crippen LogP contribution in [0.1, 0.15) is 55.4 Å². The van der Waals surface area contributed by atoms with Crippen LogP contribution in [0.15, 0.2) is 59.2 Å². The average Bonchev–Trinajstić information content (AvgIpc) is 3.30. The lowest BCUT2D eigenvalue weighted by Crippen LogP contribution is -2.29. The zero-order valence-corrected chi connectivity index (χ0v) is 15.8. The van der Waals surface area contributed by atoms with Crippen molar-refractivity contribution in [2.75, 3.05) is 0 Å². The van der Waals surface area contributed by atoms with E-state index in [2.05, 4.69) is 5.32 Å². The first kappa shape index (κ1) is 19.5. The van der Waals surface area contributed by atoms with Crippen molar-refractivity contribution in [3.8, 4) is 0 Å². The summed E-state index contributed by atoms with van der Waals surface area (Å²) in [5.41, 5.74) is 0.575. The molecular formula is C22H16F2N2O4. The van der Waals surface area contributed by atoms with Crippen LogP contribution in [0.25, 0.3) is 0 Å². The Morgan fingerprint density at radius 2 is 1.83 bits per heavy atom. The van der Waals surface area contributed by atoms with Crippen molar-refractivity contribution < 1.29 is 27.6 Å². The van der Waals surface area contributed by atoms with Crippen LogP contribution in [0.4, 0.5) is 8.78 Å². The molecule has 0 saturated heterocycles. The molecule has 0 radical (unpaired) electrons. The number of benzene rings is 2. The number of hydrogen-bond acceptors (Lipinski definition) is 4.